The highest BCUT2D eigenvalue weighted by Gasteiger charge is 2.35. The number of alkyl halides is 3. The standard InChI is InChI=1S/C23H19ClF3NO4S/c24-17-10-12-18(13-11-17)33(30,31)28-21(16-6-2-1-3-7-16)14-15-32-22(29)19-8-4-5-9-20(19)23(25,26)27/h1-13,21,28H,14-15H2. The number of rotatable bonds is 8. The summed E-state index contributed by atoms with van der Waals surface area (Å²) in [4.78, 5) is 12.3. The minimum atomic E-state index is -4.71. The van der Waals surface area contributed by atoms with E-state index < -0.39 is 39.3 Å². The quantitative estimate of drug-likeness (QED) is 0.410. The van der Waals surface area contributed by atoms with Gasteiger partial charge in [0.05, 0.1) is 28.7 Å². The van der Waals surface area contributed by atoms with Gasteiger partial charge in [-0.25, -0.2) is 17.9 Å². The average molecular weight is 498 g/mol. The Hall–Kier alpha value is -2.88. The number of hydrogen-bond donors (Lipinski definition) is 1. The fraction of sp³-hybridized carbons (Fsp3) is 0.174. The molecular formula is C23H19ClF3NO4S. The Bertz CT molecular complexity index is 1200. The maximum Gasteiger partial charge on any atom is 0.417 e. The zero-order chi connectivity index (χ0) is 24.1. The van der Waals surface area contributed by atoms with Crippen LogP contribution in [0.2, 0.25) is 5.02 Å². The minimum absolute atomic E-state index is 0.00322. The monoisotopic (exact) mass is 497 g/mol. The topological polar surface area (TPSA) is 72.5 Å². The Morgan fingerprint density at radius 3 is 2.18 bits per heavy atom. The van der Waals surface area contributed by atoms with E-state index in [-0.39, 0.29) is 17.9 Å². The molecule has 1 unspecified atom stereocenters. The SMILES string of the molecule is O=C(OCCC(NS(=O)(=O)c1ccc(Cl)cc1)c1ccccc1)c1ccccc1C(F)(F)F. The largest absolute Gasteiger partial charge is 0.462 e. The third-order valence-corrected chi connectivity index (χ3v) is 6.45. The molecule has 10 heteroatoms. The van der Waals surface area contributed by atoms with Crippen molar-refractivity contribution in [2.24, 2.45) is 0 Å². The Balaban J connectivity index is 1.75. The molecule has 0 radical (unpaired) electrons. The van der Waals surface area contributed by atoms with Gasteiger partial charge in [-0.3, -0.25) is 0 Å². The molecule has 5 nitrogen and oxygen atoms in total. The molecule has 0 aliphatic carbocycles. The van der Waals surface area contributed by atoms with Gasteiger partial charge in [-0.2, -0.15) is 13.2 Å². The zero-order valence-corrected chi connectivity index (χ0v) is 18.6. The molecule has 0 saturated heterocycles. The third kappa shape index (κ3) is 6.56. The van der Waals surface area contributed by atoms with Gasteiger partial charge in [0.25, 0.3) is 0 Å². The molecule has 0 aromatic heterocycles. The average Bonchev–Trinajstić information content (AvgIpc) is 2.78. The molecule has 0 saturated carbocycles. The lowest BCUT2D eigenvalue weighted by atomic mass is 10.1. The van der Waals surface area contributed by atoms with Crippen molar-refractivity contribution in [2.45, 2.75) is 23.5 Å². The molecule has 1 atom stereocenters. The number of halogens is 4. The first kappa shape index (κ1) is 24.8. The van der Waals surface area contributed by atoms with E-state index in [0.29, 0.717) is 10.6 Å². The summed E-state index contributed by atoms with van der Waals surface area (Å²) < 4.78 is 72.7. The van der Waals surface area contributed by atoms with Gasteiger partial charge in [-0.05, 0) is 42.0 Å². The van der Waals surface area contributed by atoms with Gasteiger partial charge < -0.3 is 4.74 Å². The van der Waals surface area contributed by atoms with Gasteiger partial charge in [-0.15, -0.1) is 0 Å². The number of carbonyl (C=O) groups excluding carboxylic acids is 1. The first-order valence-electron chi connectivity index (χ1n) is 9.74. The molecule has 0 spiro atoms. The normalized spacial score (nSPS) is 12.8. The molecule has 0 aliphatic rings. The Morgan fingerprint density at radius 1 is 0.939 bits per heavy atom. The van der Waals surface area contributed by atoms with Crippen LogP contribution in [0.3, 0.4) is 0 Å². The van der Waals surface area contributed by atoms with E-state index in [1.807, 2.05) is 0 Å². The summed E-state index contributed by atoms with van der Waals surface area (Å²) in [7, 11) is -3.95. The predicted octanol–water partition coefficient (Wildman–Crippen LogP) is 5.63. The van der Waals surface area contributed by atoms with Crippen LogP contribution in [0.5, 0.6) is 0 Å². The van der Waals surface area contributed by atoms with Crippen LogP contribution in [0.1, 0.15) is 33.9 Å². The smallest absolute Gasteiger partial charge is 0.417 e. The van der Waals surface area contributed by atoms with Gasteiger partial charge in [-0.1, -0.05) is 54.1 Å². The molecule has 0 fully saturated rings. The van der Waals surface area contributed by atoms with Crippen LogP contribution >= 0.6 is 11.6 Å². The molecule has 174 valence electrons. The third-order valence-electron chi connectivity index (χ3n) is 4.72. The van der Waals surface area contributed by atoms with Crippen molar-refractivity contribution in [3.05, 3.63) is 101 Å². The minimum Gasteiger partial charge on any atom is -0.462 e. The lowest BCUT2D eigenvalue weighted by molar-refractivity contribution is -0.138. The van der Waals surface area contributed by atoms with Gasteiger partial charge in [0.2, 0.25) is 10.0 Å². The number of benzene rings is 3. The first-order chi connectivity index (χ1) is 15.6. The molecule has 0 heterocycles. The van der Waals surface area contributed by atoms with Crippen molar-refractivity contribution in [3.63, 3.8) is 0 Å². The van der Waals surface area contributed by atoms with Crippen LogP contribution in [0.15, 0.2) is 83.8 Å². The zero-order valence-electron chi connectivity index (χ0n) is 17.1. The number of hydrogen-bond acceptors (Lipinski definition) is 4. The summed E-state index contributed by atoms with van der Waals surface area (Å²) >= 11 is 5.82. The van der Waals surface area contributed by atoms with Gasteiger partial charge >= 0.3 is 12.1 Å². The molecule has 3 rings (SSSR count). The van der Waals surface area contributed by atoms with E-state index in [0.717, 1.165) is 12.1 Å². The second-order valence-electron chi connectivity index (χ2n) is 7.01. The van der Waals surface area contributed by atoms with Crippen LogP contribution in [0, 0.1) is 0 Å². The van der Waals surface area contributed by atoms with Crippen molar-refractivity contribution < 1.29 is 31.1 Å². The van der Waals surface area contributed by atoms with Crippen LogP contribution in [0.4, 0.5) is 13.2 Å². The van der Waals surface area contributed by atoms with E-state index in [1.54, 1.807) is 30.3 Å². The van der Waals surface area contributed by atoms with Crippen molar-refractivity contribution in [3.8, 4) is 0 Å². The lowest BCUT2D eigenvalue weighted by Gasteiger charge is -2.20. The number of sulfonamides is 1. The molecule has 33 heavy (non-hydrogen) atoms. The lowest BCUT2D eigenvalue weighted by Crippen LogP contribution is -2.30. The van der Waals surface area contributed by atoms with Gasteiger partial charge in [0, 0.05) is 11.4 Å². The number of ether oxygens (including phenoxy) is 1. The Morgan fingerprint density at radius 2 is 1.55 bits per heavy atom. The second kappa shape index (κ2) is 10.4. The maximum atomic E-state index is 13.2. The fourth-order valence-electron chi connectivity index (χ4n) is 3.10. The Kier molecular flexibility index (Phi) is 7.78. The molecule has 3 aromatic carbocycles. The highest BCUT2D eigenvalue weighted by molar-refractivity contribution is 7.89. The molecule has 3 aromatic rings. The molecule has 0 aliphatic heterocycles. The van der Waals surface area contributed by atoms with Gasteiger partial charge in [0.1, 0.15) is 0 Å². The summed E-state index contributed by atoms with van der Waals surface area (Å²) in [6, 6.07) is 17.6. The highest BCUT2D eigenvalue weighted by atomic mass is 35.5. The first-order valence-corrected chi connectivity index (χ1v) is 11.6. The summed E-state index contributed by atoms with van der Waals surface area (Å²) in [5.74, 6) is -1.14. The van der Waals surface area contributed by atoms with Crippen molar-refractivity contribution in [2.75, 3.05) is 6.61 Å². The predicted molar refractivity (Wildman–Crippen MR) is 117 cm³/mol. The van der Waals surface area contributed by atoms with Crippen LogP contribution in [0.25, 0.3) is 0 Å². The fourth-order valence-corrected chi connectivity index (χ4v) is 4.49. The second-order valence-corrected chi connectivity index (χ2v) is 9.16. The van der Waals surface area contributed by atoms with Crippen LogP contribution in [-0.2, 0) is 20.9 Å². The number of nitrogens with one attached hydrogen (secondary N) is 1. The summed E-state index contributed by atoms with van der Waals surface area (Å²) in [6.07, 6.45) is -4.72. The summed E-state index contributed by atoms with van der Waals surface area (Å²) in [6.45, 7) is -0.312. The van der Waals surface area contributed by atoms with Gasteiger partial charge in [0.15, 0.2) is 0 Å². The van der Waals surface area contributed by atoms with Crippen molar-refractivity contribution in [1.29, 1.82) is 0 Å². The van der Waals surface area contributed by atoms with Crippen LogP contribution in [-0.4, -0.2) is 21.0 Å². The highest BCUT2D eigenvalue weighted by Crippen LogP contribution is 2.32. The maximum absolute atomic E-state index is 13.2. The molecule has 0 bridgehead atoms. The number of carbonyl (C=O) groups is 1. The molecule has 1 N–H and O–H groups in total. The van der Waals surface area contributed by atoms with E-state index in [9.17, 15) is 26.4 Å². The van der Waals surface area contributed by atoms with E-state index in [1.165, 1.54) is 36.4 Å². The molecular weight excluding hydrogens is 479 g/mol. The Labute approximate surface area is 194 Å². The summed E-state index contributed by atoms with van der Waals surface area (Å²) in [5, 5.41) is 0.375. The van der Waals surface area contributed by atoms with Crippen LogP contribution < -0.4 is 4.72 Å². The van der Waals surface area contributed by atoms with E-state index in [2.05, 4.69) is 4.72 Å². The van der Waals surface area contributed by atoms with Crippen molar-refractivity contribution >= 4 is 27.6 Å². The number of esters is 1. The molecule has 0 amide bonds. The van der Waals surface area contributed by atoms with E-state index >= 15 is 0 Å². The van der Waals surface area contributed by atoms with Crippen molar-refractivity contribution in [1.82, 2.24) is 4.72 Å². The van der Waals surface area contributed by atoms with E-state index in [4.69, 9.17) is 16.3 Å². The summed E-state index contributed by atoms with van der Waals surface area (Å²) in [5.41, 5.74) is -1.11.